The highest BCUT2D eigenvalue weighted by atomic mass is 16.4. The fraction of sp³-hybridized carbons (Fsp3) is 0.314. The van der Waals surface area contributed by atoms with Crippen molar-refractivity contribution < 1.29 is 14.0 Å². The van der Waals surface area contributed by atoms with E-state index in [0.29, 0.717) is 43.4 Å². The smallest absolute Gasteiger partial charge is 0.289 e. The number of aldehydes is 1. The number of likely N-dealkylation sites (tertiary alicyclic amines) is 1. The van der Waals surface area contributed by atoms with E-state index in [4.69, 9.17) is 4.42 Å². The molecule has 4 heteroatoms. The Morgan fingerprint density at radius 1 is 0.974 bits per heavy atom. The van der Waals surface area contributed by atoms with Gasteiger partial charge in [0.05, 0.1) is 5.41 Å². The van der Waals surface area contributed by atoms with Crippen LogP contribution in [-0.2, 0) is 10.2 Å². The standard InChI is InChI=1S/C24H23NO3.C9H14.C2H6/c1-18-7-9-19(10-8-18)21-11-12-22(28-21)23(27)25-15-13-24(17-26,14-16-25)20-5-3-2-4-6-20;1-5-6-7-9(4)8(2)3;1-2/h2-12,17H,13-16H2,1H3;5-8H,1,4H2,2-3H3;1-2H3/b;7-6-;. The monoisotopic (exact) mass is 525 g/mol. The lowest BCUT2D eigenvalue weighted by Gasteiger charge is -2.38. The van der Waals surface area contributed by atoms with Gasteiger partial charge in [0.1, 0.15) is 12.0 Å². The normalized spacial score (nSPS) is 14.1. The lowest BCUT2D eigenvalue weighted by atomic mass is 9.74. The van der Waals surface area contributed by atoms with Gasteiger partial charge in [0.25, 0.3) is 5.91 Å². The molecule has 39 heavy (non-hydrogen) atoms. The predicted molar refractivity (Wildman–Crippen MR) is 163 cm³/mol. The van der Waals surface area contributed by atoms with Gasteiger partial charge in [-0.3, -0.25) is 4.79 Å². The lowest BCUT2D eigenvalue weighted by Crippen LogP contribution is -2.46. The first-order valence-electron chi connectivity index (χ1n) is 13.8. The number of amides is 1. The summed E-state index contributed by atoms with van der Waals surface area (Å²) in [7, 11) is 0. The molecule has 206 valence electrons. The molecular weight excluding hydrogens is 482 g/mol. The van der Waals surface area contributed by atoms with Gasteiger partial charge in [-0.25, -0.2) is 0 Å². The van der Waals surface area contributed by atoms with Crippen LogP contribution in [0, 0.1) is 12.8 Å². The first kappa shape index (κ1) is 31.3. The molecule has 2 heterocycles. The quantitative estimate of drug-likeness (QED) is 0.229. The molecule has 3 aromatic rings. The average molecular weight is 526 g/mol. The zero-order chi connectivity index (χ0) is 28.8. The van der Waals surface area contributed by atoms with Gasteiger partial charge in [0, 0.05) is 18.7 Å². The summed E-state index contributed by atoms with van der Waals surface area (Å²) in [5, 5.41) is 0. The molecular formula is C35H43NO3. The van der Waals surface area contributed by atoms with E-state index in [1.165, 1.54) is 5.56 Å². The van der Waals surface area contributed by atoms with Crippen LogP contribution in [0.4, 0.5) is 0 Å². The van der Waals surface area contributed by atoms with E-state index < -0.39 is 5.41 Å². The van der Waals surface area contributed by atoms with Crippen molar-refractivity contribution in [2.24, 2.45) is 5.92 Å². The maximum absolute atomic E-state index is 12.9. The molecule has 1 saturated heterocycles. The van der Waals surface area contributed by atoms with Crippen molar-refractivity contribution in [1.82, 2.24) is 4.90 Å². The third-order valence-electron chi connectivity index (χ3n) is 6.86. The van der Waals surface area contributed by atoms with Crippen LogP contribution in [0.3, 0.4) is 0 Å². The largest absolute Gasteiger partial charge is 0.451 e. The molecule has 4 rings (SSSR count). The molecule has 1 amide bonds. The van der Waals surface area contributed by atoms with Crippen molar-refractivity contribution >= 4 is 12.2 Å². The fourth-order valence-electron chi connectivity index (χ4n) is 4.22. The number of hydrogen-bond donors (Lipinski definition) is 0. The number of hydrogen-bond acceptors (Lipinski definition) is 3. The van der Waals surface area contributed by atoms with Gasteiger partial charge in [-0.05, 0) is 43.4 Å². The minimum atomic E-state index is -0.506. The second-order valence-corrected chi connectivity index (χ2v) is 9.79. The third kappa shape index (κ3) is 8.54. The van der Waals surface area contributed by atoms with Gasteiger partial charge >= 0.3 is 0 Å². The summed E-state index contributed by atoms with van der Waals surface area (Å²) in [6.07, 6.45) is 7.94. The van der Waals surface area contributed by atoms with E-state index in [2.05, 4.69) is 27.0 Å². The van der Waals surface area contributed by atoms with E-state index in [1.807, 2.05) is 93.6 Å². The van der Waals surface area contributed by atoms with Crippen molar-refractivity contribution in [3.05, 3.63) is 121 Å². The summed E-state index contributed by atoms with van der Waals surface area (Å²) in [6.45, 7) is 18.8. The third-order valence-corrected chi connectivity index (χ3v) is 6.86. The van der Waals surface area contributed by atoms with Gasteiger partial charge in [-0.1, -0.05) is 125 Å². The minimum absolute atomic E-state index is 0.120. The van der Waals surface area contributed by atoms with Crippen LogP contribution >= 0.6 is 0 Å². The molecule has 2 aromatic carbocycles. The first-order valence-corrected chi connectivity index (χ1v) is 13.8. The Morgan fingerprint density at radius 2 is 1.59 bits per heavy atom. The second kappa shape index (κ2) is 15.5. The van der Waals surface area contributed by atoms with E-state index >= 15 is 0 Å². The molecule has 0 aliphatic carbocycles. The van der Waals surface area contributed by atoms with Gasteiger partial charge in [-0.2, -0.15) is 0 Å². The van der Waals surface area contributed by atoms with E-state index in [-0.39, 0.29) is 5.91 Å². The van der Waals surface area contributed by atoms with E-state index in [9.17, 15) is 9.59 Å². The lowest BCUT2D eigenvalue weighted by molar-refractivity contribution is -0.114. The fourth-order valence-corrected chi connectivity index (χ4v) is 4.22. The minimum Gasteiger partial charge on any atom is -0.451 e. The molecule has 0 radical (unpaired) electrons. The van der Waals surface area contributed by atoms with Gasteiger partial charge in [-0.15, -0.1) is 0 Å². The van der Waals surface area contributed by atoms with Crippen molar-refractivity contribution in [2.45, 2.75) is 52.9 Å². The highest BCUT2D eigenvalue weighted by molar-refractivity contribution is 5.92. The van der Waals surface area contributed by atoms with Crippen molar-refractivity contribution in [2.75, 3.05) is 13.1 Å². The number of rotatable bonds is 7. The Labute approximate surface area is 234 Å². The van der Waals surface area contributed by atoms with E-state index in [1.54, 1.807) is 17.0 Å². The number of piperidine rings is 1. The number of nitrogens with zero attached hydrogens (tertiary/aromatic N) is 1. The molecule has 1 aliphatic rings. The summed E-state index contributed by atoms with van der Waals surface area (Å²) in [4.78, 5) is 26.5. The Balaban J connectivity index is 0.000000415. The van der Waals surface area contributed by atoms with Crippen LogP contribution in [0.25, 0.3) is 11.3 Å². The van der Waals surface area contributed by atoms with Crippen LogP contribution in [0.1, 0.15) is 62.2 Å². The molecule has 0 atom stereocenters. The number of carbonyl (C=O) groups excluding carboxylic acids is 2. The molecule has 0 saturated carbocycles. The summed E-state index contributed by atoms with van der Waals surface area (Å²) in [6, 6.07) is 21.4. The Morgan fingerprint density at radius 3 is 2.13 bits per heavy atom. The average Bonchev–Trinajstić information content (AvgIpc) is 3.48. The molecule has 0 bridgehead atoms. The molecule has 0 N–H and O–H groups in total. The molecule has 4 nitrogen and oxygen atoms in total. The molecule has 0 unspecified atom stereocenters. The second-order valence-electron chi connectivity index (χ2n) is 9.79. The molecule has 1 fully saturated rings. The zero-order valence-corrected chi connectivity index (χ0v) is 24.2. The highest BCUT2D eigenvalue weighted by Crippen LogP contribution is 2.34. The Bertz CT molecular complexity index is 1220. The topological polar surface area (TPSA) is 50.5 Å². The molecule has 1 aliphatic heterocycles. The summed E-state index contributed by atoms with van der Waals surface area (Å²) in [5.41, 5.74) is 3.80. The maximum Gasteiger partial charge on any atom is 0.289 e. The van der Waals surface area contributed by atoms with E-state index in [0.717, 1.165) is 23.0 Å². The number of allylic oxidation sites excluding steroid dienone is 4. The van der Waals surface area contributed by atoms with Crippen molar-refractivity contribution in [1.29, 1.82) is 0 Å². The van der Waals surface area contributed by atoms with Crippen molar-refractivity contribution in [3.63, 3.8) is 0 Å². The van der Waals surface area contributed by atoms with Crippen LogP contribution in [-0.4, -0.2) is 30.2 Å². The van der Waals surface area contributed by atoms with Gasteiger partial charge in [0.15, 0.2) is 5.76 Å². The van der Waals surface area contributed by atoms with Crippen LogP contribution in [0.2, 0.25) is 0 Å². The highest BCUT2D eigenvalue weighted by Gasteiger charge is 2.37. The van der Waals surface area contributed by atoms with Crippen LogP contribution in [0.15, 0.2) is 108 Å². The summed E-state index contributed by atoms with van der Waals surface area (Å²) >= 11 is 0. The van der Waals surface area contributed by atoms with Crippen LogP contribution < -0.4 is 0 Å². The number of benzene rings is 2. The predicted octanol–water partition coefficient (Wildman–Crippen LogP) is 8.59. The zero-order valence-electron chi connectivity index (χ0n) is 24.2. The number of aryl methyl sites for hydroxylation is 1. The maximum atomic E-state index is 12.9. The Hall–Kier alpha value is -3.92. The molecule has 0 spiro atoms. The number of furan rings is 1. The summed E-state index contributed by atoms with van der Waals surface area (Å²) in [5.74, 6) is 1.45. The first-order chi connectivity index (χ1) is 18.8. The van der Waals surface area contributed by atoms with Crippen LogP contribution in [0.5, 0.6) is 0 Å². The van der Waals surface area contributed by atoms with Gasteiger partial charge < -0.3 is 14.1 Å². The summed E-state index contributed by atoms with van der Waals surface area (Å²) < 4.78 is 5.83. The van der Waals surface area contributed by atoms with Gasteiger partial charge in [0.2, 0.25) is 0 Å². The van der Waals surface area contributed by atoms with Crippen molar-refractivity contribution in [3.8, 4) is 11.3 Å². The molecule has 1 aromatic heterocycles. The number of carbonyl (C=O) groups is 2. The Kier molecular flexibility index (Phi) is 12.4. The SMILES string of the molecule is C=C/C=C\C(=C)C(C)C.CC.Cc1ccc(-c2ccc(C(=O)N3CCC(C=O)(c4ccccc4)CC3)o2)cc1.